The molecule has 8 heteroatoms. The van der Waals surface area contributed by atoms with E-state index in [2.05, 4.69) is 24.8 Å². The fourth-order valence-electron chi connectivity index (χ4n) is 4.59. The molecule has 146 valence electrons. The van der Waals surface area contributed by atoms with Crippen LogP contribution in [0.2, 0.25) is 0 Å². The molecular weight excluding hydrogens is 354 g/mol. The van der Waals surface area contributed by atoms with Crippen LogP contribution in [0.1, 0.15) is 31.4 Å². The van der Waals surface area contributed by atoms with Crippen LogP contribution >= 0.6 is 0 Å². The van der Waals surface area contributed by atoms with Crippen molar-refractivity contribution < 1.29 is 4.79 Å². The molecule has 3 aliphatic rings. The normalized spacial score (nSPS) is 24.7. The number of imidazole rings is 1. The van der Waals surface area contributed by atoms with Crippen LogP contribution in [0.5, 0.6) is 0 Å². The van der Waals surface area contributed by atoms with Gasteiger partial charge in [0.05, 0.1) is 17.7 Å². The summed E-state index contributed by atoms with van der Waals surface area (Å²) in [5.41, 5.74) is 2.78. The van der Waals surface area contributed by atoms with Gasteiger partial charge in [0, 0.05) is 56.1 Å². The van der Waals surface area contributed by atoms with Gasteiger partial charge in [0.15, 0.2) is 5.84 Å². The van der Waals surface area contributed by atoms with Gasteiger partial charge in [-0.05, 0) is 31.7 Å². The van der Waals surface area contributed by atoms with Crippen LogP contribution < -0.4 is 0 Å². The van der Waals surface area contributed by atoms with Gasteiger partial charge in [0.2, 0.25) is 5.91 Å². The van der Waals surface area contributed by atoms with E-state index >= 15 is 0 Å². The fourth-order valence-corrected chi connectivity index (χ4v) is 4.59. The molecular formula is C20H25N7O. The summed E-state index contributed by atoms with van der Waals surface area (Å²) >= 11 is 0. The molecule has 2 N–H and O–H groups in total. The summed E-state index contributed by atoms with van der Waals surface area (Å²) in [6.07, 6.45) is 11.0. The number of hydrogen-bond donors (Lipinski definition) is 2. The third-order valence-corrected chi connectivity index (χ3v) is 6.07. The Hall–Kier alpha value is -2.90. The van der Waals surface area contributed by atoms with Gasteiger partial charge in [-0.3, -0.25) is 10.2 Å². The molecule has 0 aromatic carbocycles. The predicted molar refractivity (Wildman–Crippen MR) is 106 cm³/mol. The number of amides is 1. The predicted octanol–water partition coefficient (Wildman–Crippen LogP) is 1.85. The van der Waals surface area contributed by atoms with E-state index in [-0.39, 0.29) is 18.0 Å². The first-order valence-corrected chi connectivity index (χ1v) is 9.95. The summed E-state index contributed by atoms with van der Waals surface area (Å²) < 4.78 is 1.92. The van der Waals surface area contributed by atoms with Crippen molar-refractivity contribution in [3.63, 3.8) is 0 Å². The van der Waals surface area contributed by atoms with Crippen molar-refractivity contribution in [3.8, 4) is 11.3 Å². The highest BCUT2D eigenvalue weighted by molar-refractivity contribution is 6.02. The molecule has 1 amide bonds. The largest absolute Gasteiger partial charge is 0.358 e. The summed E-state index contributed by atoms with van der Waals surface area (Å²) in [4.78, 5) is 29.1. The molecule has 2 aromatic rings. The Labute approximate surface area is 163 Å². The molecule has 2 saturated heterocycles. The second-order valence-corrected chi connectivity index (χ2v) is 8.12. The van der Waals surface area contributed by atoms with Crippen molar-refractivity contribution >= 4 is 18.1 Å². The lowest BCUT2D eigenvalue weighted by molar-refractivity contribution is -0.137. The topological polar surface area (TPSA) is 93.4 Å². The summed E-state index contributed by atoms with van der Waals surface area (Å²) in [5, 5.41) is 7.53. The SMILES string of the molecule is Cn1cnc(-c2c[nH]c(C(=NC=N)N3CC4CCC(C3)N4C(=O)C3CC3)c2)c1. The molecule has 2 unspecified atom stereocenters. The number of aromatic amines is 1. The second kappa shape index (κ2) is 6.61. The number of H-pyrrole nitrogens is 1. The van der Waals surface area contributed by atoms with Crippen molar-refractivity contribution in [3.05, 3.63) is 30.5 Å². The first kappa shape index (κ1) is 17.2. The van der Waals surface area contributed by atoms with Crippen LogP contribution in [0, 0.1) is 11.3 Å². The zero-order chi connectivity index (χ0) is 19.3. The summed E-state index contributed by atoms with van der Waals surface area (Å²) in [7, 11) is 1.95. The average Bonchev–Trinajstić information content (AvgIpc) is 3.17. The van der Waals surface area contributed by atoms with Crippen LogP contribution in [0.4, 0.5) is 0 Å². The number of amidine groups is 1. The number of rotatable bonds is 4. The Morgan fingerprint density at radius 3 is 2.64 bits per heavy atom. The molecule has 4 heterocycles. The van der Waals surface area contributed by atoms with Gasteiger partial charge in [-0.2, -0.15) is 0 Å². The number of fused-ring (bicyclic) bond motifs is 2. The van der Waals surface area contributed by atoms with E-state index in [4.69, 9.17) is 5.41 Å². The van der Waals surface area contributed by atoms with Gasteiger partial charge < -0.3 is 19.4 Å². The lowest BCUT2D eigenvalue weighted by Gasteiger charge is -2.42. The van der Waals surface area contributed by atoms with Gasteiger partial charge in [0.25, 0.3) is 0 Å². The van der Waals surface area contributed by atoms with Crippen LogP contribution in [-0.4, -0.2) is 67.6 Å². The quantitative estimate of drug-likeness (QED) is 0.627. The van der Waals surface area contributed by atoms with Crippen molar-refractivity contribution in [1.82, 2.24) is 24.3 Å². The Kier molecular flexibility index (Phi) is 4.07. The molecule has 0 radical (unpaired) electrons. The zero-order valence-corrected chi connectivity index (χ0v) is 16.0. The minimum atomic E-state index is 0.257. The van der Waals surface area contributed by atoms with Crippen LogP contribution in [0.3, 0.4) is 0 Å². The Morgan fingerprint density at radius 2 is 2.04 bits per heavy atom. The number of aromatic nitrogens is 3. The van der Waals surface area contributed by atoms with Gasteiger partial charge >= 0.3 is 0 Å². The molecule has 1 aliphatic carbocycles. The van der Waals surface area contributed by atoms with Gasteiger partial charge in [0.1, 0.15) is 6.34 Å². The standard InChI is InChI=1S/C20H25N7O/c1-25-10-18(24-12-25)14-6-17(22-7-14)19(23-11-21)26-8-15-4-5-16(9-26)27(15)20(28)13-2-3-13/h6-7,10-13,15-16,21-22H,2-5,8-9H2,1H3. The maximum Gasteiger partial charge on any atom is 0.226 e. The highest BCUT2D eigenvalue weighted by Crippen LogP contribution is 2.38. The molecule has 28 heavy (non-hydrogen) atoms. The minimum Gasteiger partial charge on any atom is -0.358 e. The van der Waals surface area contributed by atoms with Gasteiger partial charge in [-0.1, -0.05) is 0 Å². The van der Waals surface area contributed by atoms with Gasteiger partial charge in [-0.15, -0.1) is 0 Å². The van der Waals surface area contributed by atoms with Crippen LogP contribution in [-0.2, 0) is 11.8 Å². The third kappa shape index (κ3) is 2.93. The average molecular weight is 379 g/mol. The molecule has 2 aromatic heterocycles. The number of aliphatic imine (C=N–C) groups is 1. The van der Waals surface area contributed by atoms with E-state index in [0.717, 1.165) is 67.9 Å². The number of nitrogens with zero attached hydrogens (tertiary/aromatic N) is 5. The maximum atomic E-state index is 12.7. The van der Waals surface area contributed by atoms with Gasteiger partial charge in [-0.25, -0.2) is 9.98 Å². The molecule has 1 saturated carbocycles. The lowest BCUT2D eigenvalue weighted by Crippen LogP contribution is -2.57. The first-order valence-electron chi connectivity index (χ1n) is 9.95. The number of hydrogen-bond acceptors (Lipinski definition) is 3. The Balaban J connectivity index is 1.38. The number of piperazine rings is 1. The molecule has 5 rings (SSSR count). The summed E-state index contributed by atoms with van der Waals surface area (Å²) in [6.45, 7) is 1.55. The molecule has 2 aliphatic heterocycles. The van der Waals surface area contributed by atoms with Crippen molar-refractivity contribution in [2.45, 2.75) is 37.8 Å². The number of carbonyl (C=O) groups is 1. The highest BCUT2D eigenvalue weighted by Gasteiger charge is 2.47. The van der Waals surface area contributed by atoms with E-state index in [9.17, 15) is 4.79 Å². The molecule has 3 fully saturated rings. The molecule has 8 nitrogen and oxygen atoms in total. The van der Waals surface area contributed by atoms with E-state index in [0.29, 0.717) is 5.91 Å². The molecule has 0 spiro atoms. The Morgan fingerprint density at radius 1 is 1.29 bits per heavy atom. The zero-order valence-electron chi connectivity index (χ0n) is 16.0. The number of aryl methyl sites for hydroxylation is 1. The minimum absolute atomic E-state index is 0.257. The number of likely N-dealkylation sites (tertiary alicyclic amines) is 1. The van der Waals surface area contributed by atoms with E-state index in [1.807, 2.05) is 30.1 Å². The second-order valence-electron chi connectivity index (χ2n) is 8.12. The fraction of sp³-hybridized carbons (Fsp3) is 0.500. The third-order valence-electron chi connectivity index (χ3n) is 6.07. The van der Waals surface area contributed by atoms with E-state index < -0.39 is 0 Å². The Bertz CT molecular complexity index is 924. The van der Waals surface area contributed by atoms with Crippen molar-refractivity contribution in [1.29, 1.82) is 5.41 Å². The lowest BCUT2D eigenvalue weighted by atomic mass is 10.1. The maximum absolute atomic E-state index is 12.7. The smallest absolute Gasteiger partial charge is 0.226 e. The number of nitrogens with one attached hydrogen (secondary N) is 2. The molecule has 2 bridgehead atoms. The van der Waals surface area contributed by atoms with Crippen LogP contribution in [0.15, 0.2) is 29.8 Å². The van der Waals surface area contributed by atoms with E-state index in [1.54, 1.807) is 6.33 Å². The summed E-state index contributed by atoms with van der Waals surface area (Å²) in [6, 6.07) is 2.55. The van der Waals surface area contributed by atoms with Crippen LogP contribution in [0.25, 0.3) is 11.3 Å². The monoisotopic (exact) mass is 379 g/mol. The first-order chi connectivity index (χ1) is 13.6. The van der Waals surface area contributed by atoms with E-state index in [1.165, 1.54) is 0 Å². The molecule has 2 atom stereocenters. The number of carbonyl (C=O) groups excluding carboxylic acids is 1. The highest BCUT2D eigenvalue weighted by atomic mass is 16.2. The summed E-state index contributed by atoms with van der Waals surface area (Å²) in [5.74, 6) is 1.40. The van der Waals surface area contributed by atoms with Crippen molar-refractivity contribution in [2.75, 3.05) is 13.1 Å². The van der Waals surface area contributed by atoms with Crippen molar-refractivity contribution in [2.24, 2.45) is 18.0 Å².